The molecule has 0 saturated heterocycles. The van der Waals surface area contributed by atoms with Crippen molar-refractivity contribution in [3.05, 3.63) is 83.9 Å². The molecule has 0 bridgehead atoms. The first-order valence-corrected chi connectivity index (χ1v) is 11.6. The van der Waals surface area contributed by atoms with Gasteiger partial charge >= 0.3 is 0 Å². The molecule has 0 aliphatic carbocycles. The molecule has 1 unspecified atom stereocenters. The summed E-state index contributed by atoms with van der Waals surface area (Å²) in [5.41, 5.74) is 3.74. The standard InChI is InChI=1S/C22H21N2OPS/c1-16-9-11-17(12-10-16)24-22(25)20-15-18(23(2)3)13-14-21(20)26(24,27)19-7-5-4-6-8-19/h4-15H,1-3H3. The Morgan fingerprint density at radius 3 is 2.22 bits per heavy atom. The van der Waals surface area contributed by atoms with Gasteiger partial charge in [-0.1, -0.05) is 59.8 Å². The molecule has 0 saturated carbocycles. The molecule has 0 spiro atoms. The van der Waals surface area contributed by atoms with Crippen LogP contribution in [0.3, 0.4) is 0 Å². The van der Waals surface area contributed by atoms with Gasteiger partial charge < -0.3 is 4.90 Å². The van der Waals surface area contributed by atoms with Gasteiger partial charge in [0.05, 0.1) is 5.56 Å². The minimum absolute atomic E-state index is 0.00950. The lowest BCUT2D eigenvalue weighted by atomic mass is 10.1. The van der Waals surface area contributed by atoms with Crippen molar-refractivity contribution in [2.24, 2.45) is 0 Å². The summed E-state index contributed by atoms with van der Waals surface area (Å²) in [4.78, 5) is 15.5. The smallest absolute Gasteiger partial charge is 0.263 e. The minimum Gasteiger partial charge on any atom is -0.378 e. The zero-order valence-corrected chi connectivity index (χ0v) is 17.3. The monoisotopic (exact) mass is 392 g/mol. The van der Waals surface area contributed by atoms with Gasteiger partial charge in [-0.25, -0.2) is 0 Å². The fourth-order valence-corrected chi connectivity index (χ4v) is 7.67. The average Bonchev–Trinajstić information content (AvgIpc) is 2.91. The van der Waals surface area contributed by atoms with E-state index < -0.39 is 6.19 Å². The number of anilines is 2. The molecule has 1 aliphatic rings. The molecule has 3 aromatic rings. The highest BCUT2D eigenvalue weighted by molar-refractivity contribution is 8.23. The maximum atomic E-state index is 13.5. The predicted octanol–water partition coefficient (Wildman–Crippen LogP) is 4.07. The van der Waals surface area contributed by atoms with E-state index in [0.29, 0.717) is 5.56 Å². The lowest BCUT2D eigenvalue weighted by Crippen LogP contribution is -2.27. The van der Waals surface area contributed by atoms with Crippen molar-refractivity contribution in [3.63, 3.8) is 0 Å². The van der Waals surface area contributed by atoms with Gasteiger partial charge in [0, 0.05) is 36.1 Å². The van der Waals surface area contributed by atoms with Gasteiger partial charge in [0.25, 0.3) is 5.91 Å². The Bertz CT molecular complexity index is 1060. The molecule has 136 valence electrons. The molecular formula is C22H21N2OPS. The van der Waals surface area contributed by atoms with E-state index in [2.05, 4.69) is 6.07 Å². The number of nitrogens with zero attached hydrogens (tertiary/aromatic N) is 2. The Hall–Kier alpha value is -2.42. The highest BCUT2D eigenvalue weighted by Crippen LogP contribution is 2.56. The second-order valence-electron chi connectivity index (χ2n) is 6.96. The quantitative estimate of drug-likeness (QED) is 0.628. The van der Waals surface area contributed by atoms with Crippen LogP contribution >= 0.6 is 6.19 Å². The van der Waals surface area contributed by atoms with Gasteiger partial charge in [0.2, 0.25) is 0 Å². The normalized spacial score (nSPS) is 18.5. The number of rotatable bonds is 3. The Morgan fingerprint density at radius 2 is 1.59 bits per heavy atom. The zero-order chi connectivity index (χ0) is 19.2. The molecule has 3 aromatic carbocycles. The van der Waals surface area contributed by atoms with Crippen LogP contribution in [0.1, 0.15) is 15.9 Å². The van der Waals surface area contributed by atoms with Crippen molar-refractivity contribution in [1.82, 2.24) is 0 Å². The zero-order valence-electron chi connectivity index (χ0n) is 15.6. The molecule has 5 heteroatoms. The van der Waals surface area contributed by atoms with Crippen molar-refractivity contribution in [2.45, 2.75) is 6.92 Å². The Balaban J connectivity index is 1.99. The molecule has 0 N–H and O–H groups in total. The van der Waals surface area contributed by atoms with Crippen molar-refractivity contribution in [2.75, 3.05) is 23.7 Å². The largest absolute Gasteiger partial charge is 0.378 e. The van der Waals surface area contributed by atoms with E-state index in [4.69, 9.17) is 11.8 Å². The second kappa shape index (κ2) is 6.63. The molecule has 0 fully saturated rings. The summed E-state index contributed by atoms with van der Waals surface area (Å²) in [5, 5.41) is 2.00. The number of carbonyl (C=O) groups excluding carboxylic acids is 1. The van der Waals surface area contributed by atoms with Crippen LogP contribution in [-0.4, -0.2) is 20.0 Å². The molecule has 0 aromatic heterocycles. The molecule has 3 nitrogen and oxygen atoms in total. The van der Waals surface area contributed by atoms with Crippen LogP contribution in [0.15, 0.2) is 72.8 Å². The van der Waals surface area contributed by atoms with E-state index in [1.807, 2.05) is 97.3 Å². The number of benzene rings is 3. The number of aryl methyl sites for hydroxylation is 1. The Kier molecular flexibility index (Phi) is 4.41. The SMILES string of the molecule is Cc1ccc(N2C(=O)c3cc(N(C)C)ccc3P2(=S)c2ccccc2)cc1. The third-order valence-electron chi connectivity index (χ3n) is 4.91. The number of amides is 1. The summed E-state index contributed by atoms with van der Waals surface area (Å²) in [7, 11) is 3.96. The number of hydrogen-bond acceptors (Lipinski definition) is 3. The maximum absolute atomic E-state index is 13.5. The molecule has 0 radical (unpaired) electrons. The van der Waals surface area contributed by atoms with Crippen LogP contribution in [0, 0.1) is 6.92 Å². The first-order chi connectivity index (χ1) is 12.9. The predicted molar refractivity (Wildman–Crippen MR) is 119 cm³/mol. The molecule has 27 heavy (non-hydrogen) atoms. The minimum atomic E-state index is -2.47. The van der Waals surface area contributed by atoms with Crippen LogP contribution in [0.4, 0.5) is 11.4 Å². The topological polar surface area (TPSA) is 23.6 Å². The fraction of sp³-hybridized carbons (Fsp3) is 0.136. The lowest BCUT2D eigenvalue weighted by Gasteiger charge is -2.30. The maximum Gasteiger partial charge on any atom is 0.263 e. The van der Waals surface area contributed by atoms with Crippen LogP contribution < -0.4 is 20.2 Å². The Morgan fingerprint density at radius 1 is 0.926 bits per heavy atom. The molecule has 1 heterocycles. The first-order valence-electron chi connectivity index (χ1n) is 8.82. The molecular weight excluding hydrogens is 371 g/mol. The van der Waals surface area contributed by atoms with Crippen molar-refractivity contribution < 1.29 is 4.79 Å². The van der Waals surface area contributed by atoms with Gasteiger partial charge in [0.1, 0.15) is 6.19 Å². The van der Waals surface area contributed by atoms with Crippen molar-refractivity contribution >= 4 is 45.9 Å². The second-order valence-corrected chi connectivity index (χ2v) is 11.1. The van der Waals surface area contributed by atoms with Crippen LogP contribution in [0.25, 0.3) is 0 Å². The van der Waals surface area contributed by atoms with Gasteiger partial charge in [-0.3, -0.25) is 9.46 Å². The van der Waals surface area contributed by atoms with Gasteiger partial charge in [0.15, 0.2) is 0 Å². The summed E-state index contributed by atoms with van der Waals surface area (Å²) in [5.74, 6) is -0.00950. The number of hydrogen-bond donors (Lipinski definition) is 0. The number of carbonyl (C=O) groups is 1. The molecule has 1 atom stereocenters. The third-order valence-corrected chi connectivity index (χ3v) is 9.64. The van der Waals surface area contributed by atoms with E-state index in [-0.39, 0.29) is 5.91 Å². The summed E-state index contributed by atoms with van der Waals surface area (Å²) in [6.07, 6.45) is -2.47. The summed E-state index contributed by atoms with van der Waals surface area (Å²) < 4.78 is 1.86. The number of fused-ring (bicyclic) bond motifs is 1. The van der Waals surface area contributed by atoms with Crippen molar-refractivity contribution in [1.29, 1.82) is 0 Å². The fourth-order valence-electron chi connectivity index (χ4n) is 3.44. The van der Waals surface area contributed by atoms with Crippen LogP contribution in [0.2, 0.25) is 0 Å². The van der Waals surface area contributed by atoms with E-state index in [0.717, 1.165) is 27.5 Å². The summed E-state index contributed by atoms with van der Waals surface area (Å²) in [6.45, 7) is 2.04. The highest BCUT2D eigenvalue weighted by atomic mass is 32.4. The average molecular weight is 392 g/mol. The molecule has 4 rings (SSSR count). The van der Waals surface area contributed by atoms with Gasteiger partial charge in [-0.2, -0.15) is 0 Å². The first kappa shape index (κ1) is 18.0. The molecule has 1 aliphatic heterocycles. The Labute approximate surface area is 165 Å². The highest BCUT2D eigenvalue weighted by Gasteiger charge is 2.44. The van der Waals surface area contributed by atoms with Crippen LogP contribution in [-0.2, 0) is 11.8 Å². The van der Waals surface area contributed by atoms with E-state index in [1.165, 1.54) is 0 Å². The van der Waals surface area contributed by atoms with E-state index in [9.17, 15) is 4.79 Å². The summed E-state index contributed by atoms with van der Waals surface area (Å²) in [6, 6.07) is 24.2. The van der Waals surface area contributed by atoms with Crippen molar-refractivity contribution in [3.8, 4) is 0 Å². The van der Waals surface area contributed by atoms with Gasteiger partial charge in [-0.05, 0) is 37.3 Å². The van der Waals surface area contributed by atoms with Gasteiger partial charge in [-0.15, -0.1) is 0 Å². The summed E-state index contributed by atoms with van der Waals surface area (Å²) >= 11 is 6.31. The van der Waals surface area contributed by atoms with Crippen LogP contribution in [0.5, 0.6) is 0 Å². The molecule has 1 amide bonds. The van der Waals surface area contributed by atoms with E-state index in [1.54, 1.807) is 0 Å². The third kappa shape index (κ3) is 2.80. The lowest BCUT2D eigenvalue weighted by molar-refractivity contribution is 0.101. The van der Waals surface area contributed by atoms with E-state index >= 15 is 0 Å².